The molecule has 16 heteroatoms. The summed E-state index contributed by atoms with van der Waals surface area (Å²) >= 11 is 0. The number of carbonyl (C=O) groups is 2. The predicted molar refractivity (Wildman–Crippen MR) is 142 cm³/mol. The molecule has 2 aromatic carbocycles. The average Bonchev–Trinajstić information content (AvgIpc) is 3.71. The van der Waals surface area contributed by atoms with Gasteiger partial charge in [-0.2, -0.15) is 39.5 Å². The third-order valence-corrected chi connectivity index (χ3v) is 8.05. The van der Waals surface area contributed by atoms with E-state index in [9.17, 15) is 49.1 Å². The molecule has 0 bridgehead atoms. The Kier molecular flexibility index (Phi) is 8.14. The zero-order valence-corrected chi connectivity index (χ0v) is 23.7. The first-order valence-electron chi connectivity index (χ1n) is 13.7. The normalized spacial score (nSPS) is 17.7. The number of carbonyl (C=O) groups excluding carboxylic acids is 1. The van der Waals surface area contributed by atoms with Gasteiger partial charge in [0.05, 0.1) is 42.1 Å². The number of pyridine rings is 1. The highest BCUT2D eigenvalue weighted by Gasteiger charge is 2.61. The number of benzene rings is 2. The summed E-state index contributed by atoms with van der Waals surface area (Å²) in [6.45, 7) is -0.588. The molecule has 2 amide bonds. The lowest BCUT2D eigenvalue weighted by Crippen LogP contribution is -2.36. The van der Waals surface area contributed by atoms with Gasteiger partial charge in [-0.1, -0.05) is 12.1 Å². The van der Waals surface area contributed by atoms with E-state index in [0.29, 0.717) is 23.8 Å². The lowest BCUT2D eigenvalue weighted by molar-refractivity contribution is -0.143. The molecule has 246 valence electrons. The first-order valence-corrected chi connectivity index (χ1v) is 13.7. The van der Waals surface area contributed by atoms with Crippen molar-refractivity contribution in [2.75, 3.05) is 7.11 Å². The van der Waals surface area contributed by atoms with E-state index in [-0.39, 0.29) is 54.3 Å². The second-order valence-electron chi connectivity index (χ2n) is 11.0. The van der Waals surface area contributed by atoms with Crippen LogP contribution in [-0.4, -0.2) is 39.6 Å². The summed E-state index contributed by atoms with van der Waals surface area (Å²) in [5.41, 5.74) is -5.69. The molecule has 1 spiro atoms. The van der Waals surface area contributed by atoms with Crippen LogP contribution in [0, 0.1) is 0 Å². The molecule has 1 saturated carbocycles. The van der Waals surface area contributed by atoms with Crippen LogP contribution >= 0.6 is 0 Å². The maximum atomic E-state index is 13.8. The van der Waals surface area contributed by atoms with Crippen molar-refractivity contribution in [2.45, 2.75) is 62.3 Å². The van der Waals surface area contributed by atoms with Gasteiger partial charge in [0.2, 0.25) is 0 Å². The first-order chi connectivity index (χ1) is 21.3. The van der Waals surface area contributed by atoms with Crippen LogP contribution in [0.4, 0.5) is 44.3 Å². The number of aromatic nitrogens is 1. The smallest absolute Gasteiger partial charge is 0.433 e. The van der Waals surface area contributed by atoms with Gasteiger partial charge in [0.25, 0.3) is 0 Å². The Labute approximate surface area is 255 Å². The predicted octanol–water partition coefficient (Wildman–Crippen LogP) is 7.63. The summed E-state index contributed by atoms with van der Waals surface area (Å²) in [6, 6.07) is 5.14. The van der Waals surface area contributed by atoms with Gasteiger partial charge in [-0.15, -0.1) is 0 Å². The standard InChI is InChI=1S/C30H24F9N3O4/c1-46-22-5-2-15(3-7-24(43)44)10-20(22)19-4-6-23(30(37,38)39)40-21(19)14-42-26(45)41-25(27(42)8-9-27)16-11-17(28(31,32)33)13-18(12-16)29(34,35)36/h2,4-6,10-13,25H,3,7-9,14H2,1H3,(H,41,45)(H,43,44). The Morgan fingerprint density at radius 1 is 0.935 bits per heavy atom. The molecule has 3 aromatic rings. The van der Waals surface area contributed by atoms with Gasteiger partial charge < -0.3 is 20.1 Å². The van der Waals surface area contributed by atoms with Crippen molar-refractivity contribution in [3.8, 4) is 16.9 Å². The number of hydrogen-bond acceptors (Lipinski definition) is 4. The van der Waals surface area contributed by atoms with E-state index < -0.39 is 71.0 Å². The van der Waals surface area contributed by atoms with E-state index in [1.54, 1.807) is 6.07 Å². The van der Waals surface area contributed by atoms with Gasteiger partial charge in [0.15, 0.2) is 0 Å². The van der Waals surface area contributed by atoms with E-state index in [1.165, 1.54) is 19.2 Å². The minimum Gasteiger partial charge on any atom is -0.496 e. The highest BCUT2D eigenvalue weighted by molar-refractivity contribution is 5.81. The zero-order valence-electron chi connectivity index (χ0n) is 23.7. The fraction of sp³-hybridized carbons (Fsp3) is 0.367. The quantitative estimate of drug-likeness (QED) is 0.243. The van der Waals surface area contributed by atoms with Crippen LogP contribution in [0.1, 0.15) is 58.9 Å². The van der Waals surface area contributed by atoms with Crippen LogP contribution < -0.4 is 10.1 Å². The fourth-order valence-electron chi connectivity index (χ4n) is 5.70. The number of aryl methyl sites for hydroxylation is 1. The molecule has 2 aliphatic rings. The molecule has 2 fully saturated rings. The molecule has 2 N–H and O–H groups in total. The van der Waals surface area contributed by atoms with Crippen LogP contribution in [0.5, 0.6) is 5.75 Å². The second-order valence-corrected chi connectivity index (χ2v) is 11.0. The molecule has 1 unspecified atom stereocenters. The maximum Gasteiger partial charge on any atom is 0.433 e. The van der Waals surface area contributed by atoms with Crippen molar-refractivity contribution >= 4 is 12.0 Å². The largest absolute Gasteiger partial charge is 0.496 e. The number of carboxylic acids is 1. The summed E-state index contributed by atoms with van der Waals surface area (Å²) in [7, 11) is 1.30. The minimum atomic E-state index is -5.13. The van der Waals surface area contributed by atoms with Gasteiger partial charge in [0, 0.05) is 17.5 Å². The number of aliphatic carboxylic acids is 1. The minimum absolute atomic E-state index is 0.0333. The zero-order chi connectivity index (χ0) is 33.8. The van der Waals surface area contributed by atoms with Crippen LogP contribution in [0.2, 0.25) is 0 Å². The number of nitrogens with one attached hydrogen (secondary N) is 1. The lowest BCUT2D eigenvalue weighted by atomic mass is 9.93. The van der Waals surface area contributed by atoms with Crippen molar-refractivity contribution in [3.63, 3.8) is 0 Å². The Balaban J connectivity index is 1.58. The third-order valence-electron chi connectivity index (χ3n) is 8.05. The molecule has 0 radical (unpaired) electrons. The molecule has 7 nitrogen and oxygen atoms in total. The molecule has 1 aliphatic carbocycles. The van der Waals surface area contributed by atoms with Crippen LogP contribution in [0.25, 0.3) is 11.1 Å². The second kappa shape index (κ2) is 11.4. The summed E-state index contributed by atoms with van der Waals surface area (Å²) in [5, 5.41) is 11.5. The molecule has 1 aliphatic heterocycles. The Bertz CT molecular complexity index is 1650. The number of halogens is 9. The summed E-state index contributed by atoms with van der Waals surface area (Å²) in [6.07, 6.45) is -15.1. The number of alkyl halides is 9. The maximum absolute atomic E-state index is 13.8. The highest BCUT2D eigenvalue weighted by atomic mass is 19.4. The summed E-state index contributed by atoms with van der Waals surface area (Å²) in [5.74, 6) is -0.892. The van der Waals surface area contributed by atoms with Crippen molar-refractivity contribution in [1.29, 1.82) is 0 Å². The third kappa shape index (κ3) is 6.42. The van der Waals surface area contributed by atoms with E-state index in [1.807, 2.05) is 0 Å². The van der Waals surface area contributed by atoms with Crippen molar-refractivity contribution in [3.05, 3.63) is 82.2 Å². The van der Waals surface area contributed by atoms with Crippen molar-refractivity contribution < 1.29 is 58.9 Å². The number of nitrogens with zero attached hydrogens (tertiary/aromatic N) is 2. The average molecular weight is 662 g/mol. The van der Waals surface area contributed by atoms with E-state index in [4.69, 9.17) is 9.84 Å². The van der Waals surface area contributed by atoms with Gasteiger partial charge >= 0.3 is 30.5 Å². The fourth-order valence-corrected chi connectivity index (χ4v) is 5.70. The molecule has 1 saturated heterocycles. The summed E-state index contributed by atoms with van der Waals surface area (Å²) in [4.78, 5) is 29.2. The van der Waals surface area contributed by atoms with Gasteiger partial charge in [-0.05, 0) is 66.8 Å². The number of amides is 2. The van der Waals surface area contributed by atoms with Crippen molar-refractivity contribution in [1.82, 2.24) is 15.2 Å². The Morgan fingerprint density at radius 2 is 1.57 bits per heavy atom. The lowest BCUT2D eigenvalue weighted by Gasteiger charge is -2.28. The Hall–Kier alpha value is -4.50. The molecule has 46 heavy (non-hydrogen) atoms. The number of carboxylic acid groups (broad SMARTS) is 1. The number of rotatable bonds is 8. The molecule has 1 aromatic heterocycles. The Morgan fingerprint density at radius 3 is 2.09 bits per heavy atom. The topological polar surface area (TPSA) is 91.8 Å². The van der Waals surface area contributed by atoms with Crippen molar-refractivity contribution in [2.24, 2.45) is 0 Å². The molecule has 5 rings (SSSR count). The highest BCUT2D eigenvalue weighted by Crippen LogP contribution is 2.56. The summed E-state index contributed by atoms with van der Waals surface area (Å²) < 4.78 is 128. The van der Waals surface area contributed by atoms with Gasteiger partial charge in [0.1, 0.15) is 11.4 Å². The number of ether oxygens (including phenoxy) is 1. The van der Waals surface area contributed by atoms with E-state index >= 15 is 0 Å². The number of methoxy groups -OCH3 is 1. The molecule has 1 atom stereocenters. The van der Waals surface area contributed by atoms with Crippen LogP contribution in [0.3, 0.4) is 0 Å². The molecule has 2 heterocycles. The SMILES string of the molecule is COc1ccc(CCC(=O)O)cc1-c1ccc(C(F)(F)F)nc1CN1C(=O)NC(c2cc(C(F)(F)F)cc(C(F)(F)F)c2)C12CC2. The van der Waals surface area contributed by atoms with E-state index in [2.05, 4.69) is 10.3 Å². The van der Waals surface area contributed by atoms with Crippen LogP contribution in [-0.2, 0) is 36.3 Å². The molecular weight excluding hydrogens is 637 g/mol. The first kappa shape index (κ1) is 32.9. The van der Waals surface area contributed by atoms with Gasteiger partial charge in [-0.3, -0.25) is 4.79 Å². The number of urea groups is 1. The van der Waals surface area contributed by atoms with E-state index in [0.717, 1.165) is 11.0 Å². The van der Waals surface area contributed by atoms with Crippen LogP contribution in [0.15, 0.2) is 48.5 Å². The molecular formula is C30H24F9N3O4. The van der Waals surface area contributed by atoms with Gasteiger partial charge in [-0.25, -0.2) is 9.78 Å². The number of hydrogen-bond donors (Lipinski definition) is 2. The monoisotopic (exact) mass is 661 g/mol.